The monoisotopic (exact) mass is 542 g/mol. The lowest BCUT2D eigenvalue weighted by Gasteiger charge is -2.28. The molecule has 3 aromatic carbocycles. The van der Waals surface area contributed by atoms with Crippen molar-refractivity contribution in [3.8, 4) is 0 Å². The predicted molar refractivity (Wildman–Crippen MR) is 154 cm³/mol. The van der Waals surface area contributed by atoms with E-state index in [1.807, 2.05) is 19.1 Å². The number of amides is 2. The highest BCUT2D eigenvalue weighted by molar-refractivity contribution is 5.96. The zero-order valence-corrected chi connectivity index (χ0v) is 23.4. The Morgan fingerprint density at radius 2 is 1.55 bits per heavy atom. The number of benzene rings is 3. The van der Waals surface area contributed by atoms with E-state index in [0.29, 0.717) is 40.6 Å². The molecule has 0 radical (unpaired) electrons. The average Bonchev–Trinajstić information content (AvgIpc) is 2.94. The molecule has 40 heavy (non-hydrogen) atoms. The summed E-state index contributed by atoms with van der Waals surface area (Å²) in [6.45, 7) is 8.64. The van der Waals surface area contributed by atoms with Gasteiger partial charge >= 0.3 is 0 Å². The molecule has 0 aliphatic rings. The SMILES string of the molecule is CCCN(CC(=O)N(Cc1ccc(F)cc1)Cc1coc2ccccc2c1=O)C(=O)c1ccc(C(C)(C)C)cc1. The largest absolute Gasteiger partial charge is 0.464 e. The summed E-state index contributed by atoms with van der Waals surface area (Å²) < 4.78 is 19.2. The van der Waals surface area contributed by atoms with Crippen LogP contribution in [0.25, 0.3) is 11.0 Å². The van der Waals surface area contributed by atoms with Gasteiger partial charge in [0, 0.05) is 18.7 Å². The number of nitrogens with zero attached hydrogens (tertiary/aromatic N) is 2. The van der Waals surface area contributed by atoms with Crippen molar-refractivity contribution in [3.63, 3.8) is 0 Å². The van der Waals surface area contributed by atoms with Crippen molar-refractivity contribution in [1.29, 1.82) is 0 Å². The van der Waals surface area contributed by atoms with E-state index in [1.54, 1.807) is 48.5 Å². The van der Waals surface area contributed by atoms with Gasteiger partial charge in [-0.25, -0.2) is 4.39 Å². The summed E-state index contributed by atoms with van der Waals surface area (Å²) in [7, 11) is 0. The summed E-state index contributed by atoms with van der Waals surface area (Å²) in [6, 6.07) is 20.3. The summed E-state index contributed by atoms with van der Waals surface area (Å²) >= 11 is 0. The fourth-order valence-corrected chi connectivity index (χ4v) is 4.56. The van der Waals surface area contributed by atoms with Gasteiger partial charge in [0.05, 0.1) is 23.8 Å². The van der Waals surface area contributed by atoms with Crippen LogP contribution in [0.4, 0.5) is 4.39 Å². The van der Waals surface area contributed by atoms with Gasteiger partial charge in [-0.05, 0) is 59.4 Å². The fourth-order valence-electron chi connectivity index (χ4n) is 4.56. The molecule has 0 fully saturated rings. The molecule has 0 N–H and O–H groups in total. The first-order valence-corrected chi connectivity index (χ1v) is 13.5. The molecule has 6 nitrogen and oxygen atoms in total. The van der Waals surface area contributed by atoms with E-state index in [-0.39, 0.29) is 48.1 Å². The average molecular weight is 543 g/mol. The van der Waals surface area contributed by atoms with E-state index >= 15 is 0 Å². The highest BCUT2D eigenvalue weighted by atomic mass is 19.1. The smallest absolute Gasteiger partial charge is 0.254 e. The van der Waals surface area contributed by atoms with Crippen molar-refractivity contribution in [1.82, 2.24) is 9.80 Å². The van der Waals surface area contributed by atoms with Crippen LogP contribution in [0.15, 0.2) is 88.3 Å². The summed E-state index contributed by atoms with van der Waals surface area (Å²) in [4.78, 5) is 43.4. The van der Waals surface area contributed by atoms with Gasteiger partial charge in [0.15, 0.2) is 5.43 Å². The van der Waals surface area contributed by atoms with Crippen LogP contribution < -0.4 is 5.43 Å². The van der Waals surface area contributed by atoms with Crippen molar-refractivity contribution >= 4 is 22.8 Å². The van der Waals surface area contributed by atoms with Crippen LogP contribution in [-0.4, -0.2) is 34.7 Å². The second kappa shape index (κ2) is 12.3. The Bertz CT molecular complexity index is 1540. The van der Waals surface area contributed by atoms with Crippen molar-refractivity contribution in [3.05, 3.63) is 117 Å². The van der Waals surface area contributed by atoms with Gasteiger partial charge in [-0.15, -0.1) is 0 Å². The molecule has 0 atom stereocenters. The minimum Gasteiger partial charge on any atom is -0.464 e. The van der Waals surface area contributed by atoms with E-state index in [0.717, 1.165) is 5.56 Å². The lowest BCUT2D eigenvalue weighted by molar-refractivity contribution is -0.133. The maximum atomic E-state index is 13.7. The Balaban J connectivity index is 1.61. The van der Waals surface area contributed by atoms with E-state index in [2.05, 4.69) is 20.8 Å². The van der Waals surface area contributed by atoms with E-state index in [9.17, 15) is 18.8 Å². The zero-order chi connectivity index (χ0) is 28.9. The highest BCUT2D eigenvalue weighted by Gasteiger charge is 2.24. The Kier molecular flexibility index (Phi) is 8.83. The van der Waals surface area contributed by atoms with Gasteiger partial charge in [-0.2, -0.15) is 0 Å². The molecule has 0 spiro atoms. The topological polar surface area (TPSA) is 70.8 Å². The van der Waals surface area contributed by atoms with Crippen LogP contribution in [0.3, 0.4) is 0 Å². The third kappa shape index (κ3) is 6.84. The minimum absolute atomic E-state index is 0.0161. The number of carbonyl (C=O) groups is 2. The molecule has 1 heterocycles. The van der Waals surface area contributed by atoms with Crippen LogP contribution in [0, 0.1) is 5.82 Å². The first kappa shape index (κ1) is 28.7. The molecule has 4 aromatic rings. The van der Waals surface area contributed by atoms with Crippen LogP contribution >= 0.6 is 0 Å². The molecule has 0 aliphatic heterocycles. The van der Waals surface area contributed by atoms with Gasteiger partial charge in [0.2, 0.25) is 5.91 Å². The number of para-hydroxylation sites is 1. The highest BCUT2D eigenvalue weighted by Crippen LogP contribution is 2.23. The molecular formula is C33H35FN2O4. The van der Waals surface area contributed by atoms with E-state index in [4.69, 9.17) is 4.42 Å². The minimum atomic E-state index is -0.381. The summed E-state index contributed by atoms with van der Waals surface area (Å²) in [5, 5.41) is 0.427. The Morgan fingerprint density at radius 3 is 2.20 bits per heavy atom. The lowest BCUT2D eigenvalue weighted by atomic mass is 9.86. The summed E-state index contributed by atoms with van der Waals surface area (Å²) in [5.74, 6) is -0.943. The quantitative estimate of drug-likeness (QED) is 0.249. The molecule has 0 aliphatic carbocycles. The first-order valence-electron chi connectivity index (χ1n) is 13.5. The van der Waals surface area contributed by atoms with Gasteiger partial charge in [-0.1, -0.05) is 64.1 Å². The third-order valence-corrected chi connectivity index (χ3v) is 6.86. The van der Waals surface area contributed by atoms with Crippen molar-refractivity contribution < 1.29 is 18.4 Å². The maximum absolute atomic E-state index is 13.7. The molecule has 0 bridgehead atoms. The van der Waals surface area contributed by atoms with Gasteiger partial charge in [-0.3, -0.25) is 14.4 Å². The molecule has 0 saturated heterocycles. The molecule has 0 saturated carbocycles. The zero-order valence-electron chi connectivity index (χ0n) is 23.4. The van der Waals surface area contributed by atoms with E-state index in [1.165, 1.54) is 28.2 Å². The Labute approximate surface area is 234 Å². The number of rotatable bonds is 9. The number of hydrogen-bond acceptors (Lipinski definition) is 4. The van der Waals surface area contributed by atoms with Crippen LogP contribution in [0.5, 0.6) is 0 Å². The molecule has 0 unspecified atom stereocenters. The Morgan fingerprint density at radius 1 is 0.875 bits per heavy atom. The van der Waals surface area contributed by atoms with Crippen LogP contribution in [0.2, 0.25) is 0 Å². The van der Waals surface area contributed by atoms with E-state index < -0.39 is 0 Å². The standard InChI is InChI=1S/C33H35FN2O4/c1-5-18-35(32(39)24-12-14-26(15-13-24)33(2,3)4)21-30(37)36(19-23-10-16-27(34)17-11-23)20-25-22-40-29-9-7-6-8-28(29)31(25)38/h6-17,22H,5,18-21H2,1-4H3. The van der Waals surface area contributed by atoms with Crippen molar-refractivity contribution in [2.24, 2.45) is 0 Å². The fraction of sp³-hybridized carbons (Fsp3) is 0.303. The van der Waals surface area contributed by atoms with Crippen molar-refractivity contribution in [2.45, 2.75) is 52.6 Å². The van der Waals surface area contributed by atoms with Gasteiger partial charge < -0.3 is 14.2 Å². The number of hydrogen-bond donors (Lipinski definition) is 0. The summed E-state index contributed by atoms with van der Waals surface area (Å²) in [5.41, 5.74) is 2.84. The normalized spacial score (nSPS) is 11.4. The van der Waals surface area contributed by atoms with Crippen molar-refractivity contribution in [2.75, 3.05) is 13.1 Å². The molecule has 2 amide bonds. The number of fused-ring (bicyclic) bond motifs is 1. The van der Waals surface area contributed by atoms with Crippen LogP contribution in [-0.2, 0) is 23.3 Å². The van der Waals surface area contributed by atoms with Gasteiger partial charge in [0.1, 0.15) is 17.9 Å². The Hall–Kier alpha value is -4.26. The molecule has 208 valence electrons. The third-order valence-electron chi connectivity index (χ3n) is 6.86. The first-order chi connectivity index (χ1) is 19.1. The number of carbonyl (C=O) groups excluding carboxylic acids is 2. The molecule has 7 heteroatoms. The van der Waals surface area contributed by atoms with Crippen LogP contribution in [0.1, 0.15) is 61.2 Å². The molecule has 1 aromatic heterocycles. The molecular weight excluding hydrogens is 507 g/mol. The maximum Gasteiger partial charge on any atom is 0.254 e. The van der Waals surface area contributed by atoms with Gasteiger partial charge in [0.25, 0.3) is 5.91 Å². The predicted octanol–water partition coefficient (Wildman–Crippen LogP) is 6.31. The lowest BCUT2D eigenvalue weighted by Crippen LogP contribution is -2.43. The second-order valence-corrected chi connectivity index (χ2v) is 11.0. The number of halogens is 1. The summed E-state index contributed by atoms with van der Waals surface area (Å²) in [6.07, 6.45) is 2.05. The molecule has 4 rings (SSSR count). The second-order valence-electron chi connectivity index (χ2n) is 11.0.